The van der Waals surface area contributed by atoms with Gasteiger partial charge in [-0.15, -0.1) is 0 Å². The maximum atomic E-state index is 9.06. The van der Waals surface area contributed by atoms with Crippen LogP contribution in [-0.4, -0.2) is 12.1 Å². The van der Waals surface area contributed by atoms with Crippen molar-refractivity contribution in [1.82, 2.24) is 5.32 Å². The van der Waals surface area contributed by atoms with Crippen molar-refractivity contribution in [2.45, 2.75) is 51.0 Å². The molecule has 1 rings (SSSR count). The van der Waals surface area contributed by atoms with Crippen LogP contribution in [-0.2, 0) is 0 Å². The predicted molar refractivity (Wildman–Crippen MR) is 49.7 cm³/mol. The fraction of sp³-hybridized carbons (Fsp3) is 0.900. The second kappa shape index (κ2) is 4.47. The Morgan fingerprint density at radius 3 is 2.50 bits per heavy atom. The molecule has 0 aromatic rings. The topological polar surface area (TPSA) is 35.8 Å². The minimum atomic E-state index is -0.172. The smallest absolute Gasteiger partial charge is 0.106 e. The van der Waals surface area contributed by atoms with Gasteiger partial charge in [0.15, 0.2) is 0 Å². The van der Waals surface area contributed by atoms with E-state index in [0.717, 1.165) is 25.8 Å². The summed E-state index contributed by atoms with van der Waals surface area (Å²) < 4.78 is 0. The van der Waals surface area contributed by atoms with Gasteiger partial charge in [0.1, 0.15) is 5.54 Å². The average Bonchev–Trinajstić information content (AvgIpc) is 2.16. The van der Waals surface area contributed by atoms with E-state index in [1.165, 1.54) is 19.3 Å². The monoisotopic (exact) mass is 166 g/mol. The highest BCUT2D eigenvalue weighted by molar-refractivity contribution is 5.08. The van der Waals surface area contributed by atoms with E-state index in [9.17, 15) is 0 Å². The van der Waals surface area contributed by atoms with Crippen LogP contribution in [0.15, 0.2) is 0 Å². The number of nitrogens with zero attached hydrogens (tertiary/aromatic N) is 1. The molecule has 12 heavy (non-hydrogen) atoms. The van der Waals surface area contributed by atoms with Crippen molar-refractivity contribution in [3.63, 3.8) is 0 Å². The second-order valence-corrected chi connectivity index (χ2v) is 3.68. The Labute approximate surface area is 75.0 Å². The molecule has 0 spiro atoms. The van der Waals surface area contributed by atoms with Crippen LogP contribution in [0.3, 0.4) is 0 Å². The van der Waals surface area contributed by atoms with Gasteiger partial charge in [0, 0.05) is 0 Å². The molecule has 68 valence electrons. The Morgan fingerprint density at radius 2 is 2.00 bits per heavy atom. The summed E-state index contributed by atoms with van der Waals surface area (Å²) in [6.07, 6.45) is 6.93. The molecule has 2 heteroatoms. The minimum Gasteiger partial charge on any atom is -0.299 e. The van der Waals surface area contributed by atoms with Crippen LogP contribution in [0.1, 0.15) is 45.4 Å². The molecule has 0 heterocycles. The van der Waals surface area contributed by atoms with Crippen LogP contribution < -0.4 is 5.32 Å². The molecule has 0 aromatic heterocycles. The third-order valence-corrected chi connectivity index (χ3v) is 2.63. The SMILES string of the molecule is CCCNC1(C#N)CCCCC1. The lowest BCUT2D eigenvalue weighted by Crippen LogP contribution is -2.45. The summed E-state index contributed by atoms with van der Waals surface area (Å²) in [5.41, 5.74) is -0.172. The fourth-order valence-corrected chi connectivity index (χ4v) is 1.85. The third kappa shape index (κ3) is 2.22. The highest BCUT2D eigenvalue weighted by Crippen LogP contribution is 2.27. The first-order chi connectivity index (χ1) is 5.83. The van der Waals surface area contributed by atoms with Crippen LogP contribution >= 0.6 is 0 Å². The fourth-order valence-electron chi connectivity index (χ4n) is 1.85. The van der Waals surface area contributed by atoms with Crippen molar-refractivity contribution in [2.24, 2.45) is 0 Å². The molecular formula is C10H18N2. The molecule has 0 unspecified atom stereocenters. The molecule has 2 nitrogen and oxygen atoms in total. The third-order valence-electron chi connectivity index (χ3n) is 2.63. The van der Waals surface area contributed by atoms with Gasteiger partial charge in [0.25, 0.3) is 0 Å². The molecule has 0 amide bonds. The Morgan fingerprint density at radius 1 is 1.33 bits per heavy atom. The zero-order valence-corrected chi connectivity index (χ0v) is 7.90. The lowest BCUT2D eigenvalue weighted by molar-refractivity contribution is 0.299. The minimum absolute atomic E-state index is 0.172. The first kappa shape index (κ1) is 9.54. The predicted octanol–water partition coefficient (Wildman–Crippen LogP) is 2.21. The number of nitriles is 1. The van der Waals surface area contributed by atoms with Gasteiger partial charge in [-0.3, -0.25) is 5.32 Å². The van der Waals surface area contributed by atoms with Crippen molar-refractivity contribution in [3.05, 3.63) is 0 Å². The number of rotatable bonds is 3. The normalized spacial score (nSPS) is 21.7. The number of hydrogen-bond donors (Lipinski definition) is 1. The van der Waals surface area contributed by atoms with Gasteiger partial charge in [-0.1, -0.05) is 26.2 Å². The average molecular weight is 166 g/mol. The zero-order chi connectivity index (χ0) is 8.86. The highest BCUT2D eigenvalue weighted by atomic mass is 15.0. The van der Waals surface area contributed by atoms with Crippen LogP contribution in [0.2, 0.25) is 0 Å². The second-order valence-electron chi connectivity index (χ2n) is 3.68. The van der Waals surface area contributed by atoms with Crippen molar-refractivity contribution >= 4 is 0 Å². The van der Waals surface area contributed by atoms with E-state index in [1.54, 1.807) is 0 Å². The summed E-state index contributed by atoms with van der Waals surface area (Å²) in [4.78, 5) is 0. The van der Waals surface area contributed by atoms with Gasteiger partial charge < -0.3 is 0 Å². The van der Waals surface area contributed by atoms with Crippen molar-refractivity contribution < 1.29 is 0 Å². The van der Waals surface area contributed by atoms with E-state index >= 15 is 0 Å². The van der Waals surface area contributed by atoms with Gasteiger partial charge in [-0.25, -0.2) is 0 Å². The maximum Gasteiger partial charge on any atom is 0.106 e. The van der Waals surface area contributed by atoms with Gasteiger partial charge >= 0.3 is 0 Å². The van der Waals surface area contributed by atoms with Gasteiger partial charge in [-0.2, -0.15) is 5.26 Å². The zero-order valence-electron chi connectivity index (χ0n) is 7.90. The van der Waals surface area contributed by atoms with Crippen LogP contribution in [0.25, 0.3) is 0 Å². The van der Waals surface area contributed by atoms with Gasteiger partial charge in [0.05, 0.1) is 6.07 Å². The Kier molecular flexibility index (Phi) is 3.55. The lowest BCUT2D eigenvalue weighted by atomic mass is 9.83. The van der Waals surface area contributed by atoms with E-state index < -0.39 is 0 Å². The molecular weight excluding hydrogens is 148 g/mol. The van der Waals surface area contributed by atoms with E-state index in [-0.39, 0.29) is 5.54 Å². The molecule has 1 saturated carbocycles. The molecule has 1 fully saturated rings. The summed E-state index contributed by atoms with van der Waals surface area (Å²) in [6.45, 7) is 3.12. The van der Waals surface area contributed by atoms with E-state index in [4.69, 9.17) is 5.26 Å². The van der Waals surface area contributed by atoms with Crippen molar-refractivity contribution in [1.29, 1.82) is 5.26 Å². The molecule has 0 aliphatic heterocycles. The van der Waals surface area contributed by atoms with Crippen molar-refractivity contribution in [2.75, 3.05) is 6.54 Å². The number of hydrogen-bond acceptors (Lipinski definition) is 2. The number of nitrogens with one attached hydrogen (secondary N) is 1. The standard InChI is InChI=1S/C10H18N2/c1-2-8-12-10(9-11)6-4-3-5-7-10/h12H,2-8H2,1H3. The largest absolute Gasteiger partial charge is 0.299 e. The first-order valence-electron chi connectivity index (χ1n) is 4.99. The van der Waals surface area contributed by atoms with Gasteiger partial charge in [0.2, 0.25) is 0 Å². The molecule has 0 radical (unpaired) electrons. The highest BCUT2D eigenvalue weighted by Gasteiger charge is 2.30. The van der Waals surface area contributed by atoms with Crippen LogP contribution in [0.5, 0.6) is 0 Å². The molecule has 0 atom stereocenters. The lowest BCUT2D eigenvalue weighted by Gasteiger charge is -2.31. The Balaban J connectivity index is 2.44. The maximum absolute atomic E-state index is 9.06. The molecule has 0 bridgehead atoms. The molecule has 1 N–H and O–H groups in total. The van der Waals surface area contributed by atoms with E-state index in [1.807, 2.05) is 0 Å². The summed E-state index contributed by atoms with van der Waals surface area (Å²) in [5, 5.41) is 12.4. The Hall–Kier alpha value is -0.550. The summed E-state index contributed by atoms with van der Waals surface area (Å²) >= 11 is 0. The summed E-state index contributed by atoms with van der Waals surface area (Å²) in [6, 6.07) is 2.44. The van der Waals surface area contributed by atoms with E-state index in [2.05, 4.69) is 18.3 Å². The first-order valence-corrected chi connectivity index (χ1v) is 4.99. The van der Waals surface area contributed by atoms with Crippen molar-refractivity contribution in [3.8, 4) is 6.07 Å². The molecule has 0 aromatic carbocycles. The quantitative estimate of drug-likeness (QED) is 0.697. The molecule has 1 aliphatic rings. The molecule has 1 aliphatic carbocycles. The summed E-state index contributed by atoms with van der Waals surface area (Å²) in [5.74, 6) is 0. The van der Waals surface area contributed by atoms with E-state index in [0.29, 0.717) is 0 Å². The van der Waals surface area contributed by atoms with Crippen LogP contribution in [0.4, 0.5) is 0 Å². The Bertz CT molecular complexity index is 163. The molecule has 0 saturated heterocycles. The summed E-state index contributed by atoms with van der Waals surface area (Å²) in [7, 11) is 0. The van der Waals surface area contributed by atoms with Gasteiger partial charge in [-0.05, 0) is 25.8 Å². The van der Waals surface area contributed by atoms with Crippen LogP contribution in [0, 0.1) is 11.3 Å².